The van der Waals surface area contributed by atoms with Crippen LogP contribution in [-0.4, -0.2) is 0 Å². The summed E-state index contributed by atoms with van der Waals surface area (Å²) in [6.45, 7) is 2.15. The third-order valence-electron chi connectivity index (χ3n) is 2.73. The Morgan fingerprint density at radius 3 is 2.93 bits per heavy atom. The lowest BCUT2D eigenvalue weighted by Gasteiger charge is -2.12. The Kier molecular flexibility index (Phi) is 2.41. The van der Waals surface area contributed by atoms with Gasteiger partial charge < -0.3 is 0 Å². The van der Waals surface area contributed by atoms with Crippen molar-refractivity contribution in [1.82, 2.24) is 0 Å². The van der Waals surface area contributed by atoms with Gasteiger partial charge in [-0.1, -0.05) is 49.6 Å². The molecule has 2 aliphatic carbocycles. The summed E-state index contributed by atoms with van der Waals surface area (Å²) < 4.78 is 0. The van der Waals surface area contributed by atoms with Gasteiger partial charge in [-0.3, -0.25) is 0 Å². The van der Waals surface area contributed by atoms with Crippen molar-refractivity contribution < 1.29 is 0 Å². The molecule has 14 heavy (non-hydrogen) atoms. The molecule has 0 amide bonds. The molecular weight excluding hydrogens is 168 g/mol. The highest BCUT2D eigenvalue weighted by atomic mass is 14.2. The number of allylic oxidation sites excluding steroid dienone is 8. The third-order valence-corrected chi connectivity index (χ3v) is 2.73. The SMILES string of the molecule is [C]#CC(CCC)C1=CC=C2C=CC=C21. The highest BCUT2D eigenvalue weighted by molar-refractivity contribution is 5.65. The molecule has 0 heterocycles. The molecule has 0 saturated carbocycles. The first-order chi connectivity index (χ1) is 6.86. The van der Waals surface area contributed by atoms with E-state index in [1.807, 2.05) is 0 Å². The van der Waals surface area contributed by atoms with E-state index in [2.05, 4.69) is 43.2 Å². The highest BCUT2D eigenvalue weighted by Crippen LogP contribution is 2.36. The summed E-state index contributed by atoms with van der Waals surface area (Å²) in [7, 11) is 0. The second kappa shape index (κ2) is 3.72. The van der Waals surface area contributed by atoms with Crippen LogP contribution in [-0.2, 0) is 0 Å². The van der Waals surface area contributed by atoms with E-state index < -0.39 is 0 Å². The minimum Gasteiger partial charge on any atom is -0.0809 e. The summed E-state index contributed by atoms with van der Waals surface area (Å²) in [5.41, 5.74) is 3.85. The Morgan fingerprint density at radius 2 is 2.21 bits per heavy atom. The first kappa shape index (κ1) is 9.09. The zero-order valence-corrected chi connectivity index (χ0v) is 8.38. The average molecular weight is 181 g/mol. The van der Waals surface area contributed by atoms with E-state index in [4.69, 9.17) is 6.42 Å². The van der Waals surface area contributed by atoms with Crippen molar-refractivity contribution in [1.29, 1.82) is 0 Å². The quantitative estimate of drug-likeness (QED) is 0.586. The Bertz CT molecular complexity index is 394. The molecule has 0 aromatic rings. The molecular formula is C14H13. The van der Waals surface area contributed by atoms with E-state index in [0.29, 0.717) is 0 Å². The fraction of sp³-hybridized carbons (Fsp3) is 0.286. The summed E-state index contributed by atoms with van der Waals surface area (Å²) in [6, 6.07) is 0. The molecule has 0 bridgehead atoms. The van der Waals surface area contributed by atoms with E-state index in [9.17, 15) is 0 Å². The first-order valence-electron chi connectivity index (χ1n) is 5.10. The molecule has 1 unspecified atom stereocenters. The predicted molar refractivity (Wildman–Crippen MR) is 58.9 cm³/mol. The molecule has 0 aliphatic heterocycles. The minimum absolute atomic E-state index is 0.180. The maximum atomic E-state index is 7.32. The molecule has 1 radical (unpaired) electrons. The second-order valence-electron chi connectivity index (χ2n) is 3.67. The van der Waals surface area contributed by atoms with Crippen molar-refractivity contribution in [2.24, 2.45) is 5.92 Å². The van der Waals surface area contributed by atoms with Gasteiger partial charge in [-0.25, -0.2) is 0 Å². The van der Waals surface area contributed by atoms with Gasteiger partial charge in [0.05, 0.1) is 0 Å². The molecule has 0 spiro atoms. The van der Waals surface area contributed by atoms with E-state index in [1.54, 1.807) is 0 Å². The van der Waals surface area contributed by atoms with Gasteiger partial charge >= 0.3 is 0 Å². The zero-order valence-electron chi connectivity index (χ0n) is 8.38. The van der Waals surface area contributed by atoms with E-state index >= 15 is 0 Å². The van der Waals surface area contributed by atoms with Crippen molar-refractivity contribution in [3.63, 3.8) is 0 Å². The topological polar surface area (TPSA) is 0 Å². The molecule has 0 heteroatoms. The lowest BCUT2D eigenvalue weighted by atomic mass is 9.90. The summed E-state index contributed by atoms with van der Waals surface area (Å²) >= 11 is 0. The van der Waals surface area contributed by atoms with Crippen LogP contribution in [0.3, 0.4) is 0 Å². The predicted octanol–water partition coefficient (Wildman–Crippen LogP) is 3.36. The molecule has 0 aromatic heterocycles. The maximum absolute atomic E-state index is 7.32. The van der Waals surface area contributed by atoms with E-state index in [0.717, 1.165) is 12.8 Å². The number of hydrogen-bond acceptors (Lipinski definition) is 0. The van der Waals surface area contributed by atoms with Gasteiger partial charge in [0.1, 0.15) is 0 Å². The summed E-state index contributed by atoms with van der Waals surface area (Å²) in [4.78, 5) is 0. The Morgan fingerprint density at radius 1 is 1.36 bits per heavy atom. The van der Waals surface area contributed by atoms with Crippen LogP contribution >= 0.6 is 0 Å². The van der Waals surface area contributed by atoms with Gasteiger partial charge in [-0.15, -0.1) is 0 Å². The van der Waals surface area contributed by atoms with Gasteiger partial charge in [0.2, 0.25) is 0 Å². The van der Waals surface area contributed by atoms with Crippen molar-refractivity contribution in [3.8, 4) is 5.92 Å². The number of hydrogen-bond donors (Lipinski definition) is 0. The molecule has 0 fully saturated rings. The highest BCUT2D eigenvalue weighted by Gasteiger charge is 2.21. The number of fused-ring (bicyclic) bond motifs is 1. The fourth-order valence-corrected chi connectivity index (χ4v) is 2.01. The maximum Gasteiger partial charge on any atom is 0.0468 e. The second-order valence-corrected chi connectivity index (χ2v) is 3.67. The van der Waals surface area contributed by atoms with Crippen LogP contribution in [0.15, 0.2) is 47.1 Å². The van der Waals surface area contributed by atoms with Crippen molar-refractivity contribution in [2.75, 3.05) is 0 Å². The van der Waals surface area contributed by atoms with Crippen LogP contribution in [0, 0.1) is 18.3 Å². The molecule has 0 aromatic carbocycles. The monoisotopic (exact) mass is 181 g/mol. The summed E-state index contributed by atoms with van der Waals surface area (Å²) in [5.74, 6) is 2.82. The van der Waals surface area contributed by atoms with Gasteiger partial charge in [0.15, 0.2) is 0 Å². The summed E-state index contributed by atoms with van der Waals surface area (Å²) in [6.07, 6.45) is 20.0. The Hall–Kier alpha value is -1.48. The lowest BCUT2D eigenvalue weighted by molar-refractivity contribution is 0.685. The van der Waals surface area contributed by atoms with Crippen molar-refractivity contribution >= 4 is 0 Å². The largest absolute Gasteiger partial charge is 0.0809 e. The molecule has 69 valence electrons. The third kappa shape index (κ3) is 1.36. The van der Waals surface area contributed by atoms with Crippen LogP contribution in [0.2, 0.25) is 0 Å². The molecule has 0 nitrogen and oxygen atoms in total. The average Bonchev–Trinajstić information content (AvgIpc) is 2.75. The van der Waals surface area contributed by atoms with Crippen LogP contribution in [0.5, 0.6) is 0 Å². The standard InChI is InChI=1S/C14H13/c1-3-6-11(4-2)14-10-9-12-7-5-8-13(12)14/h5,7-11H,3,6H2,1H3. The van der Waals surface area contributed by atoms with Crippen LogP contribution < -0.4 is 0 Å². The lowest BCUT2D eigenvalue weighted by Crippen LogP contribution is -2.01. The summed E-state index contributed by atoms with van der Waals surface area (Å²) in [5, 5.41) is 0. The zero-order chi connectivity index (χ0) is 9.97. The van der Waals surface area contributed by atoms with Crippen LogP contribution in [0.1, 0.15) is 19.8 Å². The normalized spacial score (nSPS) is 19.6. The fourth-order valence-electron chi connectivity index (χ4n) is 2.01. The smallest absolute Gasteiger partial charge is 0.0468 e. The van der Waals surface area contributed by atoms with Crippen molar-refractivity contribution in [3.05, 3.63) is 53.5 Å². The van der Waals surface area contributed by atoms with Crippen LogP contribution in [0.4, 0.5) is 0 Å². The van der Waals surface area contributed by atoms with Gasteiger partial charge in [-0.05, 0) is 29.6 Å². The van der Waals surface area contributed by atoms with E-state index in [1.165, 1.54) is 16.7 Å². The number of rotatable bonds is 3. The molecule has 1 atom stereocenters. The van der Waals surface area contributed by atoms with Crippen LogP contribution in [0.25, 0.3) is 0 Å². The molecule has 2 aliphatic rings. The van der Waals surface area contributed by atoms with Gasteiger partial charge in [0.25, 0.3) is 0 Å². The molecule has 0 N–H and O–H groups in total. The van der Waals surface area contributed by atoms with E-state index in [-0.39, 0.29) is 5.92 Å². The molecule has 2 rings (SSSR count). The van der Waals surface area contributed by atoms with Gasteiger partial charge in [-0.2, -0.15) is 0 Å². The van der Waals surface area contributed by atoms with Gasteiger partial charge in [0, 0.05) is 5.92 Å². The first-order valence-corrected chi connectivity index (χ1v) is 5.10. The Balaban J connectivity index is 2.19. The minimum atomic E-state index is 0.180. The Labute approximate surface area is 85.7 Å². The molecule has 0 saturated heterocycles. The van der Waals surface area contributed by atoms with Crippen molar-refractivity contribution in [2.45, 2.75) is 19.8 Å².